The van der Waals surface area contributed by atoms with Crippen LogP contribution in [0.4, 0.5) is 0 Å². The predicted molar refractivity (Wildman–Crippen MR) is 82.6 cm³/mol. The lowest BCUT2D eigenvalue weighted by Gasteiger charge is -2.10. The minimum Gasteiger partial charge on any atom is -0.459 e. The number of furan rings is 1. The van der Waals surface area contributed by atoms with Gasteiger partial charge >= 0.3 is 0 Å². The average molecular weight is 334 g/mol. The fourth-order valence-electron chi connectivity index (χ4n) is 2.19. The maximum Gasteiger partial charge on any atom is 0.134 e. The first kappa shape index (κ1) is 13.4. The molecule has 0 spiro atoms. The summed E-state index contributed by atoms with van der Waals surface area (Å²) < 4.78 is 6.93. The van der Waals surface area contributed by atoms with E-state index in [-0.39, 0.29) is 6.04 Å². The molecule has 2 aromatic heterocycles. The van der Waals surface area contributed by atoms with E-state index in [2.05, 4.69) is 50.3 Å². The van der Waals surface area contributed by atoms with Gasteiger partial charge in [0.1, 0.15) is 17.2 Å². The minimum absolute atomic E-state index is 0.177. The number of hydrogen-bond donors (Lipinski definition) is 2. The number of aromatic nitrogens is 2. The van der Waals surface area contributed by atoms with Gasteiger partial charge in [-0.3, -0.25) is 0 Å². The number of nitrogens with one attached hydrogen (secondary N) is 2. The Labute approximate surface area is 125 Å². The summed E-state index contributed by atoms with van der Waals surface area (Å²) in [6.45, 7) is 2.96. The minimum atomic E-state index is 0.177. The second kappa shape index (κ2) is 5.81. The first-order valence-electron chi connectivity index (χ1n) is 6.63. The highest BCUT2D eigenvalue weighted by Gasteiger charge is 2.11. The third kappa shape index (κ3) is 2.94. The van der Waals surface area contributed by atoms with Crippen molar-refractivity contribution in [3.63, 3.8) is 0 Å². The molecular weight excluding hydrogens is 318 g/mol. The van der Waals surface area contributed by atoms with Crippen LogP contribution in [-0.2, 0) is 6.42 Å². The van der Waals surface area contributed by atoms with Gasteiger partial charge in [0.25, 0.3) is 0 Å². The van der Waals surface area contributed by atoms with E-state index in [9.17, 15) is 0 Å². The number of nitrogens with zero attached hydrogens (tertiary/aromatic N) is 1. The van der Waals surface area contributed by atoms with Gasteiger partial charge in [-0.2, -0.15) is 0 Å². The molecule has 0 saturated heterocycles. The predicted octanol–water partition coefficient (Wildman–Crippen LogP) is 3.81. The van der Waals surface area contributed by atoms with Crippen molar-refractivity contribution in [1.82, 2.24) is 15.3 Å². The Morgan fingerprint density at radius 1 is 1.40 bits per heavy atom. The number of halogens is 1. The summed E-state index contributed by atoms with van der Waals surface area (Å²) in [6, 6.07) is 8.31. The highest BCUT2D eigenvalue weighted by atomic mass is 79.9. The molecule has 2 heterocycles. The van der Waals surface area contributed by atoms with Crippen molar-refractivity contribution in [2.24, 2.45) is 0 Å². The monoisotopic (exact) mass is 333 g/mol. The summed E-state index contributed by atoms with van der Waals surface area (Å²) in [5.74, 6) is 1.95. The molecule has 0 fully saturated rings. The molecule has 2 N–H and O–H groups in total. The molecule has 3 rings (SSSR count). The highest BCUT2D eigenvalue weighted by Crippen LogP contribution is 2.26. The highest BCUT2D eigenvalue weighted by molar-refractivity contribution is 9.10. The van der Waals surface area contributed by atoms with E-state index in [1.807, 2.05) is 18.3 Å². The number of imidazole rings is 1. The lowest BCUT2D eigenvalue weighted by atomic mass is 10.2. The van der Waals surface area contributed by atoms with Crippen molar-refractivity contribution in [1.29, 1.82) is 0 Å². The van der Waals surface area contributed by atoms with Crippen molar-refractivity contribution in [3.8, 4) is 0 Å². The van der Waals surface area contributed by atoms with Gasteiger partial charge in [0.05, 0.1) is 6.04 Å². The van der Waals surface area contributed by atoms with Crippen molar-refractivity contribution < 1.29 is 4.42 Å². The molecule has 4 nitrogen and oxygen atoms in total. The maximum absolute atomic E-state index is 5.87. The third-order valence-corrected chi connectivity index (χ3v) is 3.78. The number of hydrogen-bond acceptors (Lipinski definition) is 3. The van der Waals surface area contributed by atoms with Crippen LogP contribution in [0.5, 0.6) is 0 Å². The van der Waals surface area contributed by atoms with Crippen LogP contribution in [0.3, 0.4) is 0 Å². The Morgan fingerprint density at radius 3 is 3.10 bits per heavy atom. The smallest absolute Gasteiger partial charge is 0.134 e. The standard InChI is InChI=1S/C15H16BrN3O/c1-10(17-5-4-15-18-6-7-19-15)14-9-11-8-12(16)2-3-13(11)20-14/h2-3,6-10,17H,4-5H2,1H3,(H,18,19). The van der Waals surface area contributed by atoms with Crippen LogP contribution in [0.25, 0.3) is 11.0 Å². The molecule has 0 aliphatic heterocycles. The van der Waals surface area contributed by atoms with Gasteiger partial charge in [-0.1, -0.05) is 15.9 Å². The molecule has 0 aliphatic rings. The molecule has 3 aromatic rings. The van der Waals surface area contributed by atoms with Crippen molar-refractivity contribution in [2.75, 3.05) is 6.54 Å². The molecule has 1 unspecified atom stereocenters. The first-order valence-corrected chi connectivity index (χ1v) is 7.42. The van der Waals surface area contributed by atoms with E-state index in [4.69, 9.17) is 4.42 Å². The molecule has 0 amide bonds. The zero-order valence-electron chi connectivity index (χ0n) is 11.2. The lowest BCUT2D eigenvalue weighted by Crippen LogP contribution is -2.21. The third-order valence-electron chi connectivity index (χ3n) is 3.29. The van der Waals surface area contributed by atoms with E-state index in [1.165, 1.54) is 0 Å². The molecule has 0 aliphatic carbocycles. The number of H-pyrrole nitrogens is 1. The summed E-state index contributed by atoms with van der Waals surface area (Å²) in [4.78, 5) is 7.30. The van der Waals surface area contributed by atoms with Crippen LogP contribution in [-0.4, -0.2) is 16.5 Å². The van der Waals surface area contributed by atoms with Gasteiger partial charge in [-0.05, 0) is 31.2 Å². The second-order valence-corrected chi connectivity index (χ2v) is 5.71. The Hall–Kier alpha value is -1.59. The fourth-order valence-corrected chi connectivity index (χ4v) is 2.57. The Bertz CT molecular complexity index is 690. The lowest BCUT2D eigenvalue weighted by molar-refractivity contribution is 0.452. The Balaban J connectivity index is 1.64. The molecule has 104 valence electrons. The quantitative estimate of drug-likeness (QED) is 0.746. The van der Waals surface area contributed by atoms with E-state index >= 15 is 0 Å². The average Bonchev–Trinajstić information content (AvgIpc) is 3.06. The molecule has 0 radical (unpaired) electrons. The number of fused-ring (bicyclic) bond motifs is 1. The zero-order chi connectivity index (χ0) is 13.9. The maximum atomic E-state index is 5.87. The van der Waals surface area contributed by atoms with Crippen LogP contribution in [0.15, 0.2) is 45.5 Å². The Kier molecular flexibility index (Phi) is 3.89. The van der Waals surface area contributed by atoms with Crippen LogP contribution in [0.2, 0.25) is 0 Å². The van der Waals surface area contributed by atoms with Crippen molar-refractivity contribution >= 4 is 26.9 Å². The molecule has 0 bridgehead atoms. The number of benzene rings is 1. The number of rotatable bonds is 5. The van der Waals surface area contributed by atoms with Gasteiger partial charge < -0.3 is 14.7 Å². The molecular formula is C15H16BrN3O. The Morgan fingerprint density at radius 2 is 2.30 bits per heavy atom. The van der Waals surface area contributed by atoms with E-state index in [0.29, 0.717) is 0 Å². The zero-order valence-corrected chi connectivity index (χ0v) is 12.8. The van der Waals surface area contributed by atoms with Gasteiger partial charge in [-0.15, -0.1) is 0 Å². The van der Waals surface area contributed by atoms with E-state index in [0.717, 1.165) is 40.0 Å². The summed E-state index contributed by atoms with van der Waals surface area (Å²) in [7, 11) is 0. The summed E-state index contributed by atoms with van der Waals surface area (Å²) in [5, 5.41) is 4.57. The molecule has 0 saturated carbocycles. The van der Waals surface area contributed by atoms with Crippen molar-refractivity contribution in [3.05, 3.63) is 52.7 Å². The summed E-state index contributed by atoms with van der Waals surface area (Å²) in [6.07, 6.45) is 4.49. The van der Waals surface area contributed by atoms with Gasteiger partial charge in [0.2, 0.25) is 0 Å². The van der Waals surface area contributed by atoms with Crippen LogP contribution < -0.4 is 5.32 Å². The molecule has 5 heteroatoms. The molecule has 1 atom stereocenters. The van der Waals surface area contributed by atoms with Gasteiger partial charge in [0, 0.05) is 35.2 Å². The fraction of sp³-hybridized carbons (Fsp3) is 0.267. The van der Waals surface area contributed by atoms with Gasteiger partial charge in [0.15, 0.2) is 0 Å². The van der Waals surface area contributed by atoms with Crippen molar-refractivity contribution in [2.45, 2.75) is 19.4 Å². The molecule has 1 aromatic carbocycles. The van der Waals surface area contributed by atoms with Crippen LogP contribution >= 0.6 is 15.9 Å². The largest absolute Gasteiger partial charge is 0.459 e. The molecule has 20 heavy (non-hydrogen) atoms. The topological polar surface area (TPSA) is 53.9 Å². The normalized spacial score (nSPS) is 12.9. The first-order chi connectivity index (χ1) is 9.72. The summed E-state index contributed by atoms with van der Waals surface area (Å²) in [5.41, 5.74) is 0.919. The second-order valence-electron chi connectivity index (χ2n) is 4.79. The van der Waals surface area contributed by atoms with E-state index < -0.39 is 0 Å². The number of aromatic amines is 1. The summed E-state index contributed by atoms with van der Waals surface area (Å²) >= 11 is 3.47. The van der Waals surface area contributed by atoms with Crippen LogP contribution in [0, 0.1) is 0 Å². The SMILES string of the molecule is CC(NCCc1ncc[nH]1)c1cc2cc(Br)ccc2o1. The van der Waals surface area contributed by atoms with Crippen LogP contribution in [0.1, 0.15) is 24.6 Å². The van der Waals surface area contributed by atoms with E-state index in [1.54, 1.807) is 6.20 Å². The van der Waals surface area contributed by atoms with Gasteiger partial charge in [-0.25, -0.2) is 4.98 Å².